The lowest BCUT2D eigenvalue weighted by Gasteiger charge is -2.42. The SMILES string of the molecule is CC1(C)CCC2CC1(C)OC2=O. The van der Waals surface area contributed by atoms with Crippen molar-refractivity contribution in [2.24, 2.45) is 11.3 Å². The zero-order valence-corrected chi connectivity index (χ0v) is 8.02. The second kappa shape index (κ2) is 2.04. The number of hydrogen-bond donors (Lipinski definition) is 0. The highest BCUT2D eigenvalue weighted by atomic mass is 16.6. The monoisotopic (exact) mass is 168 g/mol. The van der Waals surface area contributed by atoms with Crippen LogP contribution in [0.3, 0.4) is 0 Å². The van der Waals surface area contributed by atoms with Gasteiger partial charge in [-0.2, -0.15) is 0 Å². The predicted molar refractivity (Wildman–Crippen MR) is 45.6 cm³/mol. The first-order valence-electron chi connectivity index (χ1n) is 4.67. The van der Waals surface area contributed by atoms with E-state index >= 15 is 0 Å². The molecule has 2 aliphatic rings. The largest absolute Gasteiger partial charge is 0.459 e. The van der Waals surface area contributed by atoms with Crippen LogP contribution in [0.25, 0.3) is 0 Å². The summed E-state index contributed by atoms with van der Waals surface area (Å²) in [4.78, 5) is 11.3. The smallest absolute Gasteiger partial charge is 0.309 e. The molecule has 1 heterocycles. The zero-order valence-electron chi connectivity index (χ0n) is 8.02. The van der Waals surface area contributed by atoms with Gasteiger partial charge in [-0.05, 0) is 19.8 Å². The molecule has 2 nitrogen and oxygen atoms in total. The van der Waals surface area contributed by atoms with Gasteiger partial charge in [0, 0.05) is 11.8 Å². The van der Waals surface area contributed by atoms with Crippen LogP contribution in [0.15, 0.2) is 0 Å². The molecule has 68 valence electrons. The topological polar surface area (TPSA) is 26.3 Å². The van der Waals surface area contributed by atoms with Crippen molar-refractivity contribution in [3.8, 4) is 0 Å². The van der Waals surface area contributed by atoms with Gasteiger partial charge in [0.15, 0.2) is 0 Å². The molecule has 0 N–H and O–H groups in total. The minimum absolute atomic E-state index is 0.0306. The highest BCUT2D eigenvalue weighted by molar-refractivity contribution is 5.76. The standard InChI is InChI=1S/C10H16O2/c1-9(2)5-4-7-6-10(9,3)12-8(7)11/h7H,4-6H2,1-3H3. The molecule has 2 heteroatoms. The molecule has 0 aromatic heterocycles. The lowest BCUT2D eigenvalue weighted by molar-refractivity contribution is -0.155. The van der Waals surface area contributed by atoms with Gasteiger partial charge in [-0.1, -0.05) is 13.8 Å². The molecule has 0 spiro atoms. The van der Waals surface area contributed by atoms with Gasteiger partial charge in [0.25, 0.3) is 0 Å². The van der Waals surface area contributed by atoms with E-state index < -0.39 is 0 Å². The summed E-state index contributed by atoms with van der Waals surface area (Å²) in [7, 11) is 0. The summed E-state index contributed by atoms with van der Waals surface area (Å²) in [6.07, 6.45) is 3.06. The molecular weight excluding hydrogens is 152 g/mol. The van der Waals surface area contributed by atoms with Crippen LogP contribution < -0.4 is 0 Å². The van der Waals surface area contributed by atoms with Crippen molar-refractivity contribution >= 4 is 5.97 Å². The third-order valence-electron chi connectivity index (χ3n) is 3.84. The lowest BCUT2D eigenvalue weighted by Crippen LogP contribution is -2.43. The third-order valence-corrected chi connectivity index (χ3v) is 3.84. The summed E-state index contributed by atoms with van der Waals surface area (Å²) in [6, 6.07) is 0. The van der Waals surface area contributed by atoms with Crippen LogP contribution >= 0.6 is 0 Å². The fourth-order valence-corrected chi connectivity index (χ4v) is 2.33. The average molecular weight is 168 g/mol. The van der Waals surface area contributed by atoms with Crippen LogP contribution in [-0.2, 0) is 9.53 Å². The number of hydrogen-bond acceptors (Lipinski definition) is 2. The fraction of sp³-hybridized carbons (Fsp3) is 0.900. The zero-order chi connectivity index (χ0) is 8.98. The summed E-state index contributed by atoms with van der Waals surface area (Å²) in [5, 5.41) is 0. The van der Waals surface area contributed by atoms with Gasteiger partial charge in [0.2, 0.25) is 0 Å². The molecule has 0 amide bonds. The summed E-state index contributed by atoms with van der Waals surface area (Å²) < 4.78 is 5.45. The summed E-state index contributed by atoms with van der Waals surface area (Å²) in [6.45, 7) is 6.47. The number of fused-ring (bicyclic) bond motifs is 2. The normalized spacial score (nSPS) is 44.2. The van der Waals surface area contributed by atoms with Crippen molar-refractivity contribution in [2.75, 3.05) is 0 Å². The lowest BCUT2D eigenvalue weighted by atomic mass is 9.65. The van der Waals surface area contributed by atoms with Crippen molar-refractivity contribution in [3.05, 3.63) is 0 Å². The Morgan fingerprint density at radius 3 is 2.67 bits per heavy atom. The van der Waals surface area contributed by atoms with E-state index in [1.165, 1.54) is 0 Å². The first-order valence-corrected chi connectivity index (χ1v) is 4.67. The maximum absolute atomic E-state index is 11.3. The highest BCUT2D eigenvalue weighted by Gasteiger charge is 2.55. The van der Waals surface area contributed by atoms with Gasteiger partial charge in [-0.15, -0.1) is 0 Å². The minimum Gasteiger partial charge on any atom is -0.459 e. The second-order valence-corrected chi connectivity index (χ2v) is 4.98. The molecule has 0 aromatic carbocycles. The van der Waals surface area contributed by atoms with Gasteiger partial charge in [-0.3, -0.25) is 4.79 Å². The first kappa shape index (κ1) is 8.09. The van der Waals surface area contributed by atoms with E-state index in [2.05, 4.69) is 20.8 Å². The minimum atomic E-state index is -0.188. The molecule has 1 aliphatic carbocycles. The number of esters is 1. The van der Waals surface area contributed by atoms with Crippen molar-refractivity contribution in [1.82, 2.24) is 0 Å². The fourth-order valence-electron chi connectivity index (χ4n) is 2.33. The first-order chi connectivity index (χ1) is 5.45. The molecule has 2 unspecified atom stereocenters. The third kappa shape index (κ3) is 0.838. The number of ether oxygens (including phenoxy) is 1. The molecular formula is C10H16O2. The quantitative estimate of drug-likeness (QED) is 0.518. The Bertz CT molecular complexity index is 232. The Morgan fingerprint density at radius 1 is 1.42 bits per heavy atom. The maximum Gasteiger partial charge on any atom is 0.309 e. The van der Waals surface area contributed by atoms with E-state index in [1.54, 1.807) is 0 Å². The predicted octanol–water partition coefficient (Wildman–Crippen LogP) is 2.13. The summed E-state index contributed by atoms with van der Waals surface area (Å²) in [5.41, 5.74) is -0.0251. The van der Waals surface area contributed by atoms with Crippen molar-refractivity contribution in [3.63, 3.8) is 0 Å². The molecule has 1 aliphatic heterocycles. The Hall–Kier alpha value is -0.530. The molecule has 2 rings (SSSR count). The average Bonchev–Trinajstić information content (AvgIpc) is 2.19. The Labute approximate surface area is 73.3 Å². The van der Waals surface area contributed by atoms with Crippen LogP contribution in [0, 0.1) is 11.3 Å². The molecule has 1 saturated carbocycles. The molecule has 2 fully saturated rings. The molecule has 0 aromatic rings. The Morgan fingerprint density at radius 2 is 2.08 bits per heavy atom. The summed E-state index contributed by atoms with van der Waals surface area (Å²) in [5.74, 6) is 0.228. The van der Waals surface area contributed by atoms with Crippen molar-refractivity contribution in [1.29, 1.82) is 0 Å². The van der Waals surface area contributed by atoms with Crippen LogP contribution in [0.1, 0.15) is 40.0 Å². The number of carbonyl (C=O) groups is 1. The van der Waals surface area contributed by atoms with E-state index in [-0.39, 0.29) is 22.9 Å². The van der Waals surface area contributed by atoms with Gasteiger partial charge in [0.1, 0.15) is 5.60 Å². The van der Waals surface area contributed by atoms with E-state index in [0.717, 1.165) is 19.3 Å². The van der Waals surface area contributed by atoms with Crippen LogP contribution in [0.5, 0.6) is 0 Å². The Balaban J connectivity index is 2.34. The van der Waals surface area contributed by atoms with Crippen molar-refractivity contribution < 1.29 is 9.53 Å². The van der Waals surface area contributed by atoms with E-state index in [1.807, 2.05) is 0 Å². The van der Waals surface area contributed by atoms with Crippen LogP contribution in [0.4, 0.5) is 0 Å². The van der Waals surface area contributed by atoms with E-state index in [4.69, 9.17) is 4.74 Å². The summed E-state index contributed by atoms with van der Waals surface area (Å²) >= 11 is 0. The Kier molecular flexibility index (Phi) is 1.37. The molecule has 1 saturated heterocycles. The number of rotatable bonds is 0. The second-order valence-electron chi connectivity index (χ2n) is 4.98. The van der Waals surface area contributed by atoms with Gasteiger partial charge in [0.05, 0.1) is 5.92 Å². The van der Waals surface area contributed by atoms with Gasteiger partial charge in [-0.25, -0.2) is 0 Å². The maximum atomic E-state index is 11.3. The van der Waals surface area contributed by atoms with E-state index in [9.17, 15) is 4.79 Å². The molecule has 0 radical (unpaired) electrons. The van der Waals surface area contributed by atoms with Gasteiger partial charge >= 0.3 is 5.97 Å². The molecule has 12 heavy (non-hydrogen) atoms. The van der Waals surface area contributed by atoms with Gasteiger partial charge < -0.3 is 4.74 Å². The highest BCUT2D eigenvalue weighted by Crippen LogP contribution is 2.52. The molecule has 2 bridgehead atoms. The number of carbonyl (C=O) groups excluding carboxylic acids is 1. The molecule has 2 atom stereocenters. The van der Waals surface area contributed by atoms with Crippen molar-refractivity contribution in [2.45, 2.75) is 45.6 Å². The van der Waals surface area contributed by atoms with E-state index in [0.29, 0.717) is 0 Å². The van der Waals surface area contributed by atoms with Crippen LogP contribution in [0.2, 0.25) is 0 Å². The van der Waals surface area contributed by atoms with Crippen LogP contribution in [-0.4, -0.2) is 11.6 Å².